The summed E-state index contributed by atoms with van der Waals surface area (Å²) in [6.45, 7) is 6.04. The number of para-hydroxylation sites is 1. The number of ether oxygens (including phenoxy) is 3. The highest BCUT2D eigenvalue weighted by Crippen LogP contribution is 2.24. The van der Waals surface area contributed by atoms with Gasteiger partial charge in [-0.1, -0.05) is 41.9 Å². The summed E-state index contributed by atoms with van der Waals surface area (Å²) in [4.78, 5) is 27.4. The molecule has 3 atom stereocenters. The SMILES string of the molecule is C#CCO[C@H](C)[C@H](NC(=O)OCC=C)C(=O)N1CCC[C@H]1Cn1nnnc1Oc1ccccc1. The molecule has 11 heteroatoms. The minimum Gasteiger partial charge on any atom is -0.445 e. The molecule has 0 aliphatic carbocycles. The molecular formula is C23H28N6O5. The van der Waals surface area contributed by atoms with E-state index in [-0.39, 0.29) is 31.2 Å². The lowest BCUT2D eigenvalue weighted by Crippen LogP contribution is -2.56. The minimum atomic E-state index is -0.986. The molecule has 2 aromatic rings. The Hall–Kier alpha value is -3.91. The topological polar surface area (TPSA) is 121 Å². The van der Waals surface area contributed by atoms with Crippen molar-refractivity contribution >= 4 is 12.0 Å². The quantitative estimate of drug-likeness (QED) is 0.391. The van der Waals surface area contributed by atoms with E-state index in [4.69, 9.17) is 20.6 Å². The van der Waals surface area contributed by atoms with Gasteiger partial charge in [-0.25, -0.2) is 4.79 Å². The highest BCUT2D eigenvalue weighted by Gasteiger charge is 2.38. The van der Waals surface area contributed by atoms with Crippen molar-refractivity contribution < 1.29 is 23.8 Å². The molecule has 34 heavy (non-hydrogen) atoms. The van der Waals surface area contributed by atoms with E-state index >= 15 is 0 Å². The Morgan fingerprint density at radius 3 is 2.91 bits per heavy atom. The highest BCUT2D eigenvalue weighted by molar-refractivity contribution is 5.86. The van der Waals surface area contributed by atoms with Gasteiger partial charge in [-0.05, 0) is 42.3 Å². The number of aromatic nitrogens is 4. The fraction of sp³-hybridized carbons (Fsp3) is 0.435. The van der Waals surface area contributed by atoms with Gasteiger partial charge in [-0.3, -0.25) is 4.79 Å². The Kier molecular flexibility index (Phi) is 8.99. The number of nitrogens with one attached hydrogen (secondary N) is 1. The van der Waals surface area contributed by atoms with Gasteiger partial charge in [0.05, 0.1) is 18.7 Å². The monoisotopic (exact) mass is 468 g/mol. The fourth-order valence-corrected chi connectivity index (χ4v) is 3.63. The minimum absolute atomic E-state index is 0.00255. The first-order valence-corrected chi connectivity index (χ1v) is 10.9. The summed E-state index contributed by atoms with van der Waals surface area (Å²) in [6.07, 6.45) is 6.83. The average Bonchev–Trinajstić information content (AvgIpc) is 3.49. The van der Waals surface area contributed by atoms with Crippen molar-refractivity contribution in [3.05, 3.63) is 43.0 Å². The second-order valence-electron chi connectivity index (χ2n) is 7.62. The van der Waals surface area contributed by atoms with Crippen LogP contribution in [0.15, 0.2) is 43.0 Å². The van der Waals surface area contributed by atoms with Gasteiger partial charge in [0.1, 0.15) is 25.0 Å². The van der Waals surface area contributed by atoms with Crippen molar-refractivity contribution in [2.24, 2.45) is 0 Å². The van der Waals surface area contributed by atoms with Crippen LogP contribution >= 0.6 is 0 Å². The predicted octanol–water partition coefficient (Wildman–Crippen LogP) is 1.78. The summed E-state index contributed by atoms with van der Waals surface area (Å²) in [5, 5.41) is 14.3. The first kappa shape index (κ1) is 24.7. The van der Waals surface area contributed by atoms with E-state index in [9.17, 15) is 9.59 Å². The molecule has 11 nitrogen and oxygen atoms in total. The number of nitrogens with zero attached hydrogens (tertiary/aromatic N) is 5. The standard InChI is InChI=1S/C23H28N6O5/c1-4-14-32-17(3)20(24-23(31)33-15-5-2)21(30)28-13-9-10-18(28)16-29-22(25-26-27-29)34-19-11-7-6-8-12-19/h1,5-8,11-12,17-18,20H,2,9-10,13-16H2,3H3,(H,24,31)/t17-,18+,20+/m1/s1. The van der Waals surface area contributed by atoms with Gasteiger partial charge in [0.15, 0.2) is 0 Å². The molecule has 1 aromatic heterocycles. The molecule has 0 radical (unpaired) electrons. The van der Waals surface area contributed by atoms with Crippen LogP contribution in [0.1, 0.15) is 19.8 Å². The number of alkyl carbamates (subject to hydrolysis) is 1. The van der Waals surface area contributed by atoms with Crippen LogP contribution in [0.4, 0.5) is 4.79 Å². The molecule has 180 valence electrons. The molecule has 1 aliphatic heterocycles. The molecule has 1 fully saturated rings. The number of terminal acetylenes is 1. The molecule has 0 spiro atoms. The average molecular weight is 469 g/mol. The summed E-state index contributed by atoms with van der Waals surface area (Å²) in [7, 11) is 0. The number of likely N-dealkylation sites (tertiary alicyclic amines) is 1. The molecular weight excluding hydrogens is 440 g/mol. The molecule has 1 saturated heterocycles. The normalized spacial score (nSPS) is 16.8. The third-order valence-electron chi connectivity index (χ3n) is 5.27. The van der Waals surface area contributed by atoms with Crippen LogP contribution in [0.3, 0.4) is 0 Å². The first-order chi connectivity index (χ1) is 16.5. The maximum Gasteiger partial charge on any atom is 0.408 e. The Bertz CT molecular complexity index is 1000. The van der Waals surface area contributed by atoms with E-state index in [1.165, 1.54) is 10.8 Å². The zero-order valence-electron chi connectivity index (χ0n) is 19.0. The molecule has 1 aromatic carbocycles. The zero-order valence-corrected chi connectivity index (χ0v) is 19.0. The van der Waals surface area contributed by atoms with Crippen molar-refractivity contribution in [1.82, 2.24) is 30.4 Å². The van der Waals surface area contributed by atoms with Gasteiger partial charge in [-0.15, -0.1) is 6.42 Å². The largest absolute Gasteiger partial charge is 0.445 e. The number of amides is 2. The van der Waals surface area contributed by atoms with Gasteiger partial charge < -0.3 is 24.4 Å². The van der Waals surface area contributed by atoms with Crippen molar-refractivity contribution in [2.45, 2.75) is 44.5 Å². The van der Waals surface area contributed by atoms with Crippen LogP contribution in [-0.4, -0.2) is 75.1 Å². The van der Waals surface area contributed by atoms with Crippen LogP contribution in [0.2, 0.25) is 0 Å². The smallest absolute Gasteiger partial charge is 0.408 e. The third kappa shape index (κ3) is 6.55. The van der Waals surface area contributed by atoms with E-state index in [1.807, 2.05) is 18.2 Å². The molecule has 1 aliphatic rings. The second kappa shape index (κ2) is 12.4. The van der Waals surface area contributed by atoms with Crippen LogP contribution in [-0.2, 0) is 20.8 Å². The van der Waals surface area contributed by atoms with Crippen LogP contribution in [0, 0.1) is 12.3 Å². The molecule has 1 N–H and O–H groups in total. The molecule has 0 unspecified atom stereocenters. The lowest BCUT2D eigenvalue weighted by molar-refractivity contribution is -0.138. The van der Waals surface area contributed by atoms with Gasteiger partial charge in [0, 0.05) is 6.54 Å². The van der Waals surface area contributed by atoms with E-state index in [1.54, 1.807) is 24.0 Å². The maximum atomic E-state index is 13.5. The Morgan fingerprint density at radius 1 is 1.38 bits per heavy atom. The van der Waals surface area contributed by atoms with E-state index in [0.29, 0.717) is 18.8 Å². The van der Waals surface area contributed by atoms with Crippen molar-refractivity contribution in [3.8, 4) is 24.1 Å². The van der Waals surface area contributed by atoms with Gasteiger partial charge >= 0.3 is 12.1 Å². The lowest BCUT2D eigenvalue weighted by atomic mass is 10.1. The number of tetrazole rings is 1. The van der Waals surface area contributed by atoms with Gasteiger partial charge in [0.2, 0.25) is 5.91 Å². The van der Waals surface area contributed by atoms with Crippen LogP contribution in [0.5, 0.6) is 11.8 Å². The predicted molar refractivity (Wildman–Crippen MR) is 122 cm³/mol. The zero-order chi connectivity index (χ0) is 24.3. The van der Waals surface area contributed by atoms with Gasteiger partial charge in [0.25, 0.3) is 0 Å². The van der Waals surface area contributed by atoms with Crippen molar-refractivity contribution in [3.63, 3.8) is 0 Å². The summed E-state index contributed by atoms with van der Waals surface area (Å²) in [5.74, 6) is 2.66. The Balaban J connectivity index is 1.72. The molecule has 0 saturated carbocycles. The molecule has 0 bridgehead atoms. The van der Waals surface area contributed by atoms with E-state index in [0.717, 1.165) is 12.8 Å². The Labute approximate surface area is 198 Å². The molecule has 2 amide bonds. The van der Waals surface area contributed by atoms with E-state index in [2.05, 4.69) is 33.3 Å². The van der Waals surface area contributed by atoms with Crippen molar-refractivity contribution in [2.75, 3.05) is 19.8 Å². The number of rotatable bonds is 11. The van der Waals surface area contributed by atoms with Crippen molar-refractivity contribution in [1.29, 1.82) is 0 Å². The van der Waals surface area contributed by atoms with Crippen LogP contribution < -0.4 is 10.1 Å². The molecule has 2 heterocycles. The van der Waals surface area contributed by atoms with Crippen LogP contribution in [0.25, 0.3) is 0 Å². The number of carbonyl (C=O) groups is 2. The first-order valence-electron chi connectivity index (χ1n) is 10.9. The number of benzene rings is 1. The summed E-state index contributed by atoms with van der Waals surface area (Å²) in [5.41, 5.74) is 0. The second-order valence-corrected chi connectivity index (χ2v) is 7.62. The number of hydrogen-bond acceptors (Lipinski definition) is 8. The third-order valence-corrected chi connectivity index (χ3v) is 5.27. The maximum absolute atomic E-state index is 13.5. The Morgan fingerprint density at radius 2 is 2.18 bits per heavy atom. The summed E-state index contributed by atoms with van der Waals surface area (Å²) >= 11 is 0. The molecule has 3 rings (SSSR count). The van der Waals surface area contributed by atoms with Gasteiger partial charge in [-0.2, -0.15) is 4.68 Å². The lowest BCUT2D eigenvalue weighted by Gasteiger charge is -2.31. The van der Waals surface area contributed by atoms with E-state index < -0.39 is 18.2 Å². The highest BCUT2D eigenvalue weighted by atomic mass is 16.5. The number of hydrogen-bond donors (Lipinski definition) is 1. The number of carbonyl (C=O) groups excluding carboxylic acids is 2. The fourth-order valence-electron chi connectivity index (χ4n) is 3.63. The summed E-state index contributed by atoms with van der Waals surface area (Å²) < 4.78 is 17.8. The summed E-state index contributed by atoms with van der Waals surface area (Å²) in [6, 6.07) is 8.19.